The van der Waals surface area contributed by atoms with Crippen LogP contribution in [0.15, 0.2) is 85.2 Å². The molecule has 0 bridgehead atoms. The minimum atomic E-state index is 0.656. The second-order valence-electron chi connectivity index (χ2n) is 20.0. The van der Waals surface area contributed by atoms with E-state index in [4.69, 9.17) is 19.4 Å². The van der Waals surface area contributed by atoms with E-state index in [1.165, 1.54) is 207 Å². The van der Waals surface area contributed by atoms with Crippen LogP contribution in [0.3, 0.4) is 0 Å². The fourth-order valence-electron chi connectivity index (χ4n) is 10.3. The summed E-state index contributed by atoms with van der Waals surface area (Å²) >= 11 is 0. The summed E-state index contributed by atoms with van der Waals surface area (Å²) in [5.41, 5.74) is 7.42. The second kappa shape index (κ2) is 32.1. The largest absolute Gasteiger partial charge is 0.494 e. The summed E-state index contributed by atoms with van der Waals surface area (Å²) in [5, 5.41) is 0. The molecule has 0 N–H and O–H groups in total. The second-order valence-corrected chi connectivity index (χ2v) is 20.0. The van der Waals surface area contributed by atoms with Gasteiger partial charge in [0.25, 0.3) is 0 Å². The van der Waals surface area contributed by atoms with E-state index in [1.807, 2.05) is 0 Å². The Kier molecular flexibility index (Phi) is 25.8. The number of hydrogen-bond donors (Lipinski definition) is 0. The zero-order valence-electron chi connectivity index (χ0n) is 42.0. The van der Waals surface area contributed by atoms with Gasteiger partial charge >= 0.3 is 0 Å². The summed E-state index contributed by atoms with van der Waals surface area (Å²) in [4.78, 5) is 9.74. The maximum atomic E-state index is 5.93. The Hall–Kier alpha value is -3.66. The van der Waals surface area contributed by atoms with E-state index in [0.717, 1.165) is 49.4 Å². The number of unbranched alkanes of at least 4 members (excludes halogenated alkanes) is 15. The molecule has 0 atom stereocenters. The molecule has 2 aromatic heterocycles. The van der Waals surface area contributed by atoms with Gasteiger partial charge in [-0.1, -0.05) is 186 Å². The topological polar surface area (TPSA) is 44.2 Å². The first-order valence-electron chi connectivity index (χ1n) is 27.5. The molecule has 0 spiro atoms. The zero-order chi connectivity index (χ0) is 45.6. The van der Waals surface area contributed by atoms with Crippen molar-refractivity contribution in [2.45, 2.75) is 226 Å². The lowest BCUT2D eigenvalue weighted by molar-refractivity contribution is 0.299. The van der Waals surface area contributed by atoms with Gasteiger partial charge in [-0.15, -0.1) is 0 Å². The van der Waals surface area contributed by atoms with E-state index in [1.54, 1.807) is 0 Å². The van der Waals surface area contributed by atoms with Gasteiger partial charge in [0.15, 0.2) is 0 Å². The van der Waals surface area contributed by atoms with Crippen LogP contribution in [-0.4, -0.2) is 23.2 Å². The maximum Gasteiger partial charge on any atom is 0.119 e. The molecule has 358 valence electrons. The number of pyridine rings is 2. The molecule has 2 fully saturated rings. The van der Waals surface area contributed by atoms with Crippen LogP contribution in [0, 0.1) is 11.8 Å². The van der Waals surface area contributed by atoms with Crippen LogP contribution in [-0.2, 0) is 0 Å². The van der Waals surface area contributed by atoms with Crippen molar-refractivity contribution in [3.05, 3.63) is 96.6 Å². The number of aromatic nitrogens is 2. The molecule has 0 radical (unpaired) electrons. The number of ether oxygens (including phenoxy) is 2. The van der Waals surface area contributed by atoms with E-state index in [-0.39, 0.29) is 0 Å². The highest BCUT2D eigenvalue weighted by Crippen LogP contribution is 2.39. The third-order valence-electron chi connectivity index (χ3n) is 14.7. The van der Waals surface area contributed by atoms with Gasteiger partial charge in [0.1, 0.15) is 11.5 Å². The standard InChI is InChI=1S/C31H47NO.C30H45NO/c1-3-5-7-9-10-12-24-33-30-21-18-27(19-22-30)29-20-23-31(32-25-29)28-16-14-26(15-17-28)13-11-8-6-4-2;1-3-5-7-9-11-23-32-29-20-17-26(18-21-29)28-19-22-30(31-24-28)27-15-13-25(14-16-27)12-10-8-6-4-2/h18-23,25-26,28H,3-17,24H2,1-2H3;17-22,24-25,27H,3-16,23H2,1-2H3. The molecule has 0 aliphatic heterocycles. The summed E-state index contributed by atoms with van der Waals surface area (Å²) in [7, 11) is 0. The van der Waals surface area contributed by atoms with E-state index in [2.05, 4.69) is 113 Å². The molecule has 4 heteroatoms. The van der Waals surface area contributed by atoms with Gasteiger partial charge in [-0.05, 0) is 124 Å². The molecule has 2 aromatic carbocycles. The van der Waals surface area contributed by atoms with Crippen LogP contribution in [0.5, 0.6) is 11.5 Å². The SMILES string of the molecule is CCCCCCCCOc1ccc(-c2ccc(C3CCC(CCCCCC)CC3)nc2)cc1.CCCCCCCOc1ccc(-c2ccc(C3CCC(CCCCCC)CC3)nc2)cc1. The number of hydrogen-bond acceptors (Lipinski definition) is 4. The van der Waals surface area contributed by atoms with Gasteiger partial charge in [-0.3, -0.25) is 9.97 Å². The fraction of sp³-hybridized carbons (Fsp3) is 0.639. The van der Waals surface area contributed by atoms with Gasteiger partial charge in [-0.2, -0.15) is 0 Å². The molecule has 2 aliphatic carbocycles. The molecule has 2 aliphatic rings. The van der Waals surface area contributed by atoms with Gasteiger partial charge < -0.3 is 9.47 Å². The molecule has 0 saturated heterocycles. The van der Waals surface area contributed by atoms with Crippen molar-refractivity contribution in [3.63, 3.8) is 0 Å². The van der Waals surface area contributed by atoms with Crippen molar-refractivity contribution in [1.82, 2.24) is 9.97 Å². The molecule has 0 amide bonds. The Morgan fingerprint density at radius 3 is 1.02 bits per heavy atom. The highest BCUT2D eigenvalue weighted by molar-refractivity contribution is 5.64. The minimum absolute atomic E-state index is 0.656. The minimum Gasteiger partial charge on any atom is -0.494 e. The van der Waals surface area contributed by atoms with Crippen LogP contribution in [0.2, 0.25) is 0 Å². The summed E-state index contributed by atoms with van der Waals surface area (Å²) in [5.74, 6) is 5.18. The van der Waals surface area contributed by atoms with Gasteiger partial charge in [0.05, 0.1) is 13.2 Å². The van der Waals surface area contributed by atoms with E-state index in [9.17, 15) is 0 Å². The predicted octanol–water partition coefficient (Wildman–Crippen LogP) is 19.1. The molecular weight excluding hydrogens is 793 g/mol. The molecule has 6 rings (SSSR count). The molecule has 65 heavy (non-hydrogen) atoms. The smallest absolute Gasteiger partial charge is 0.119 e. The summed E-state index contributed by atoms with van der Waals surface area (Å²) < 4.78 is 11.8. The van der Waals surface area contributed by atoms with Crippen molar-refractivity contribution in [1.29, 1.82) is 0 Å². The summed E-state index contributed by atoms with van der Waals surface area (Å²) in [6.45, 7) is 10.7. The highest BCUT2D eigenvalue weighted by atomic mass is 16.5. The lowest BCUT2D eigenvalue weighted by Gasteiger charge is -2.28. The number of benzene rings is 2. The summed E-state index contributed by atoms with van der Waals surface area (Å²) in [6.07, 6.45) is 43.2. The van der Waals surface area contributed by atoms with Crippen LogP contribution < -0.4 is 9.47 Å². The number of rotatable bonds is 29. The van der Waals surface area contributed by atoms with Crippen LogP contribution in [0.4, 0.5) is 0 Å². The third kappa shape index (κ3) is 20.0. The fourth-order valence-corrected chi connectivity index (χ4v) is 10.3. The first kappa shape index (κ1) is 52.3. The maximum absolute atomic E-state index is 5.93. The molecule has 0 unspecified atom stereocenters. The van der Waals surface area contributed by atoms with Gasteiger partial charge in [0.2, 0.25) is 0 Å². The Morgan fingerprint density at radius 1 is 0.354 bits per heavy atom. The third-order valence-corrected chi connectivity index (χ3v) is 14.7. The van der Waals surface area contributed by atoms with Crippen molar-refractivity contribution in [2.24, 2.45) is 11.8 Å². The Labute approximate surface area is 398 Å². The average Bonchev–Trinajstić information content (AvgIpc) is 3.36. The zero-order valence-corrected chi connectivity index (χ0v) is 42.0. The molecule has 4 aromatic rings. The Balaban J connectivity index is 0.000000244. The Bertz CT molecular complexity index is 1740. The average molecular weight is 885 g/mol. The van der Waals surface area contributed by atoms with E-state index in [0.29, 0.717) is 11.8 Å². The van der Waals surface area contributed by atoms with Gasteiger partial charge in [0, 0.05) is 46.7 Å². The van der Waals surface area contributed by atoms with Crippen LogP contribution in [0.25, 0.3) is 22.3 Å². The molecular formula is C61H92N2O2. The van der Waals surface area contributed by atoms with Crippen molar-refractivity contribution >= 4 is 0 Å². The van der Waals surface area contributed by atoms with Gasteiger partial charge in [-0.25, -0.2) is 0 Å². The summed E-state index contributed by atoms with van der Waals surface area (Å²) in [6, 6.07) is 26.1. The highest BCUT2D eigenvalue weighted by Gasteiger charge is 2.24. The Morgan fingerprint density at radius 2 is 0.677 bits per heavy atom. The van der Waals surface area contributed by atoms with E-state index < -0.39 is 0 Å². The first-order chi connectivity index (χ1) is 32.1. The van der Waals surface area contributed by atoms with E-state index >= 15 is 0 Å². The lowest BCUT2D eigenvalue weighted by atomic mass is 9.78. The molecule has 2 saturated carbocycles. The predicted molar refractivity (Wildman–Crippen MR) is 279 cm³/mol. The normalized spacial score (nSPS) is 18.5. The van der Waals surface area contributed by atoms with Crippen molar-refractivity contribution in [3.8, 4) is 33.8 Å². The first-order valence-corrected chi connectivity index (χ1v) is 27.5. The molecule has 4 nitrogen and oxygen atoms in total. The van der Waals surface area contributed by atoms with Crippen molar-refractivity contribution < 1.29 is 9.47 Å². The quantitative estimate of drug-likeness (QED) is 0.0510. The van der Waals surface area contributed by atoms with Crippen LogP contribution in [0.1, 0.15) is 237 Å². The molecule has 2 heterocycles. The number of nitrogens with zero attached hydrogens (tertiary/aromatic N) is 2. The monoisotopic (exact) mass is 885 g/mol. The van der Waals surface area contributed by atoms with Crippen LogP contribution >= 0.6 is 0 Å². The lowest BCUT2D eigenvalue weighted by Crippen LogP contribution is -2.14. The van der Waals surface area contributed by atoms with Crippen molar-refractivity contribution in [2.75, 3.05) is 13.2 Å².